The van der Waals surface area contributed by atoms with Crippen molar-refractivity contribution in [3.05, 3.63) is 36.0 Å². The highest BCUT2D eigenvalue weighted by Gasteiger charge is 2.58. The van der Waals surface area contributed by atoms with Crippen molar-refractivity contribution in [1.29, 1.82) is 0 Å². The molecule has 0 aromatic rings. The number of carbonyl (C=O) groups is 3. The van der Waals surface area contributed by atoms with Crippen LogP contribution in [0.2, 0.25) is 0 Å². The first-order valence-corrected chi connectivity index (χ1v) is 16.9. The van der Waals surface area contributed by atoms with Gasteiger partial charge in [-0.1, -0.05) is 43.7 Å². The highest BCUT2D eigenvalue weighted by molar-refractivity contribution is 5.87. The Labute approximate surface area is 272 Å². The van der Waals surface area contributed by atoms with Gasteiger partial charge in [-0.05, 0) is 63.9 Å². The molecule has 4 aliphatic heterocycles. The molecule has 3 amide bonds. The first-order chi connectivity index (χ1) is 21.9. The Morgan fingerprint density at radius 3 is 2.63 bits per heavy atom. The lowest BCUT2D eigenvalue weighted by Crippen LogP contribution is -2.51. The number of allylic oxidation sites excluding steroid dienone is 2. The molecule has 12 nitrogen and oxygen atoms in total. The zero-order chi connectivity index (χ0) is 33.4. The van der Waals surface area contributed by atoms with Gasteiger partial charge in [-0.15, -0.1) is 0 Å². The Hall–Kier alpha value is -2.77. The number of nitrogens with two attached hydrogens (primary N) is 1. The van der Waals surface area contributed by atoms with Crippen LogP contribution >= 0.6 is 0 Å². The lowest BCUT2D eigenvalue weighted by Gasteiger charge is -2.39. The van der Waals surface area contributed by atoms with Crippen LogP contribution in [0.4, 0.5) is 4.79 Å². The van der Waals surface area contributed by atoms with Gasteiger partial charge in [0.1, 0.15) is 17.8 Å². The second kappa shape index (κ2) is 16.4. The summed E-state index contributed by atoms with van der Waals surface area (Å²) in [4.78, 5) is 38.1. The van der Waals surface area contributed by atoms with Crippen molar-refractivity contribution >= 4 is 17.9 Å². The van der Waals surface area contributed by atoms with E-state index in [2.05, 4.69) is 23.6 Å². The molecule has 258 valence electrons. The van der Waals surface area contributed by atoms with Gasteiger partial charge in [0.25, 0.3) is 0 Å². The Balaban J connectivity index is 1.25. The number of amides is 3. The number of hydrogen-bond acceptors (Lipinski definition) is 8. The number of piperidine rings is 1. The number of rotatable bonds is 12. The molecule has 4 heterocycles. The minimum absolute atomic E-state index is 0.00793. The van der Waals surface area contributed by atoms with Gasteiger partial charge in [-0.2, -0.15) is 0 Å². The normalized spacial score (nSPS) is 35.8. The fourth-order valence-corrected chi connectivity index (χ4v) is 6.96. The number of aliphatic hydroxyl groups is 1. The van der Waals surface area contributed by atoms with Crippen molar-refractivity contribution in [1.82, 2.24) is 15.5 Å². The summed E-state index contributed by atoms with van der Waals surface area (Å²) in [5, 5.41) is 26.3. The van der Waals surface area contributed by atoms with Gasteiger partial charge in [0, 0.05) is 32.1 Å². The highest BCUT2D eigenvalue weighted by Crippen LogP contribution is 2.43. The van der Waals surface area contributed by atoms with Crippen LogP contribution in [0.3, 0.4) is 0 Å². The summed E-state index contributed by atoms with van der Waals surface area (Å²) >= 11 is 0. The zero-order valence-corrected chi connectivity index (χ0v) is 27.7. The Morgan fingerprint density at radius 2 is 1.93 bits per heavy atom. The van der Waals surface area contributed by atoms with E-state index in [0.29, 0.717) is 39.1 Å². The minimum atomic E-state index is -0.902. The van der Waals surface area contributed by atoms with Gasteiger partial charge in [0.2, 0.25) is 11.8 Å². The molecule has 6 N–H and O–H groups in total. The number of nitrogens with zero attached hydrogens (tertiary/aromatic N) is 1. The van der Waals surface area contributed by atoms with Crippen LogP contribution in [-0.2, 0) is 23.8 Å². The number of likely N-dealkylation sites (tertiary alicyclic amines) is 1. The molecule has 1 spiro atoms. The maximum atomic E-state index is 12.8. The van der Waals surface area contributed by atoms with E-state index in [1.54, 1.807) is 0 Å². The molecular weight excluding hydrogens is 592 g/mol. The molecule has 4 fully saturated rings. The number of hydrogen-bond donors (Lipinski definition) is 5. The maximum absolute atomic E-state index is 12.8. The van der Waals surface area contributed by atoms with Gasteiger partial charge in [0.15, 0.2) is 0 Å². The second-order valence-corrected chi connectivity index (χ2v) is 13.6. The number of ether oxygens (including phenoxy) is 3. The summed E-state index contributed by atoms with van der Waals surface area (Å²) < 4.78 is 18.1. The maximum Gasteiger partial charge on any atom is 0.407 e. The lowest BCUT2D eigenvalue weighted by molar-refractivity contribution is -0.145. The van der Waals surface area contributed by atoms with E-state index in [-0.39, 0.29) is 60.5 Å². The average Bonchev–Trinajstić information content (AvgIpc) is 3.80. The monoisotopic (exact) mass is 646 g/mol. The number of aliphatic hydroxyl groups excluding tert-OH is 1. The lowest BCUT2D eigenvalue weighted by atomic mass is 9.87. The van der Waals surface area contributed by atoms with Crippen molar-refractivity contribution in [2.24, 2.45) is 17.6 Å². The fraction of sp³-hybridized carbons (Fsp3) is 0.735. The number of carbonyl (C=O) groups excluding carboxylic acids is 2. The fourth-order valence-electron chi connectivity index (χ4n) is 6.96. The molecule has 0 radical (unpaired) electrons. The summed E-state index contributed by atoms with van der Waals surface area (Å²) in [7, 11) is 0. The molecule has 0 aromatic carbocycles. The van der Waals surface area contributed by atoms with Crippen molar-refractivity contribution in [3.8, 4) is 0 Å². The average molecular weight is 647 g/mol. The van der Waals surface area contributed by atoms with Crippen LogP contribution in [0, 0.1) is 11.8 Å². The van der Waals surface area contributed by atoms with Gasteiger partial charge in [0.05, 0.1) is 37.4 Å². The molecule has 12 heteroatoms. The van der Waals surface area contributed by atoms with E-state index in [9.17, 15) is 24.6 Å². The van der Waals surface area contributed by atoms with Crippen LogP contribution in [0.5, 0.6) is 0 Å². The van der Waals surface area contributed by atoms with Crippen LogP contribution in [0.25, 0.3) is 0 Å². The van der Waals surface area contributed by atoms with E-state index in [1.165, 1.54) is 11.0 Å². The van der Waals surface area contributed by atoms with Gasteiger partial charge < -0.3 is 45.7 Å². The van der Waals surface area contributed by atoms with Crippen LogP contribution in [-0.4, -0.2) is 107 Å². The van der Waals surface area contributed by atoms with Crippen molar-refractivity contribution in [2.75, 3.05) is 26.2 Å². The third-order valence-electron chi connectivity index (χ3n) is 9.89. The number of carboxylic acid groups (broad SMARTS) is 1. The molecule has 0 aliphatic carbocycles. The highest BCUT2D eigenvalue weighted by atomic mass is 16.6. The molecule has 46 heavy (non-hydrogen) atoms. The van der Waals surface area contributed by atoms with E-state index < -0.39 is 23.9 Å². The predicted molar refractivity (Wildman–Crippen MR) is 173 cm³/mol. The van der Waals surface area contributed by atoms with Crippen molar-refractivity contribution in [2.45, 2.75) is 121 Å². The molecule has 10 atom stereocenters. The summed E-state index contributed by atoms with van der Waals surface area (Å²) in [6, 6.07) is -0.235. The third kappa shape index (κ3) is 9.63. The van der Waals surface area contributed by atoms with Crippen LogP contribution in [0.15, 0.2) is 36.0 Å². The first-order valence-electron chi connectivity index (χ1n) is 16.9. The Bertz CT molecular complexity index is 1150. The zero-order valence-electron chi connectivity index (χ0n) is 27.7. The molecule has 0 aromatic heterocycles. The first kappa shape index (κ1) is 36.1. The topological polar surface area (TPSA) is 176 Å². The molecule has 0 bridgehead atoms. The van der Waals surface area contributed by atoms with Gasteiger partial charge in [-0.25, -0.2) is 4.79 Å². The standard InChI is InChI=1S/C34H54N4O8/c1-21(9-12-29-32(41)34(20-44-34)19-25(46-29)18-31(40)36-15-14-35)8-11-28-23(3)17-26(24(4)45-28)37-30(39)13-10-22(2)27-7-5-6-16-38(27)33(42)43/h8-10,12-13,22-29,32,41H,5-7,11,14-20,35H2,1-4H3,(H,36,40)(H,37,39)(H,42,43)/b12-9+,13-10-,21-8+/t22?,23-,24+,25+,26+,27-,28-,29+,32+,34+/m0/s1. The van der Waals surface area contributed by atoms with Crippen molar-refractivity contribution in [3.63, 3.8) is 0 Å². The van der Waals surface area contributed by atoms with Crippen LogP contribution < -0.4 is 16.4 Å². The quantitative estimate of drug-likeness (QED) is 0.121. The molecule has 4 aliphatic rings. The largest absolute Gasteiger partial charge is 0.465 e. The summed E-state index contributed by atoms with van der Waals surface area (Å²) in [5.41, 5.74) is 5.83. The molecular formula is C34H54N4O8. The molecule has 4 saturated heterocycles. The van der Waals surface area contributed by atoms with Gasteiger partial charge >= 0.3 is 6.09 Å². The van der Waals surface area contributed by atoms with Crippen LogP contribution in [0.1, 0.15) is 72.6 Å². The smallest absolute Gasteiger partial charge is 0.407 e. The summed E-state index contributed by atoms with van der Waals surface area (Å²) in [6.07, 6.45) is 11.2. The van der Waals surface area contributed by atoms with E-state index in [4.69, 9.17) is 19.9 Å². The predicted octanol–water partition coefficient (Wildman–Crippen LogP) is 2.65. The van der Waals surface area contributed by atoms with E-state index in [0.717, 1.165) is 31.3 Å². The Kier molecular flexibility index (Phi) is 12.8. The molecule has 1 unspecified atom stereocenters. The molecule has 4 rings (SSSR count). The third-order valence-corrected chi connectivity index (χ3v) is 9.89. The molecule has 0 saturated carbocycles. The number of epoxide rings is 1. The summed E-state index contributed by atoms with van der Waals surface area (Å²) in [5.74, 6) is -0.167. The SMILES string of the molecule is CC(/C=C/[C@H]1O[C@H](CC(=O)NCCN)C[C@@]2(CO2)[C@@H]1O)=C\C[C@@H]1O[C@H](C)[C@H](NC(=O)/C=C\C(C)[C@@H]2CCCCN2C(=O)O)C[C@@H]1C. The van der Waals surface area contributed by atoms with Gasteiger partial charge in [-0.3, -0.25) is 9.59 Å². The number of nitrogens with one attached hydrogen (secondary N) is 2. The van der Waals surface area contributed by atoms with E-state index >= 15 is 0 Å². The summed E-state index contributed by atoms with van der Waals surface area (Å²) in [6.45, 7) is 9.83. The van der Waals surface area contributed by atoms with Crippen molar-refractivity contribution < 1.29 is 38.8 Å². The second-order valence-electron chi connectivity index (χ2n) is 13.6. The Morgan fingerprint density at radius 1 is 1.17 bits per heavy atom. The minimum Gasteiger partial charge on any atom is -0.465 e. The van der Waals surface area contributed by atoms with E-state index in [1.807, 2.05) is 39.0 Å².